The second-order valence-corrected chi connectivity index (χ2v) is 6.60. The molecule has 1 heterocycles. The molecule has 0 spiro atoms. The lowest BCUT2D eigenvalue weighted by molar-refractivity contribution is -0.148. The number of hydrogen-bond acceptors (Lipinski definition) is 4. The van der Waals surface area contributed by atoms with Crippen LogP contribution in [-0.2, 0) is 17.8 Å². The molecule has 1 aromatic rings. The number of amides is 2. The van der Waals surface area contributed by atoms with E-state index in [-0.39, 0.29) is 12.6 Å². The Morgan fingerprint density at radius 1 is 1.38 bits per heavy atom. The Bertz CT molecular complexity index is 509. The van der Waals surface area contributed by atoms with Gasteiger partial charge in [0.15, 0.2) is 0 Å². The van der Waals surface area contributed by atoms with E-state index in [9.17, 15) is 14.7 Å². The van der Waals surface area contributed by atoms with Crippen LogP contribution in [0, 0.1) is 5.41 Å². The number of rotatable bonds is 6. The highest BCUT2D eigenvalue weighted by Crippen LogP contribution is 2.37. The highest BCUT2D eigenvalue weighted by Gasteiger charge is 2.41. The summed E-state index contributed by atoms with van der Waals surface area (Å²) in [4.78, 5) is 28.6. The van der Waals surface area contributed by atoms with Crippen LogP contribution < -0.4 is 10.6 Å². The van der Waals surface area contributed by atoms with Gasteiger partial charge in [-0.2, -0.15) is 0 Å². The van der Waals surface area contributed by atoms with Crippen LogP contribution in [0.1, 0.15) is 42.5 Å². The summed E-state index contributed by atoms with van der Waals surface area (Å²) in [6, 6.07) is -0.337. The van der Waals surface area contributed by atoms with E-state index < -0.39 is 11.4 Å². The Morgan fingerprint density at radius 2 is 2.10 bits per heavy atom. The fraction of sp³-hybridized carbons (Fsp3) is 0.643. The number of aryl methyl sites for hydroxylation is 1. The molecule has 7 heteroatoms. The van der Waals surface area contributed by atoms with Gasteiger partial charge in [0, 0.05) is 17.6 Å². The predicted molar refractivity (Wildman–Crippen MR) is 80.3 cm³/mol. The molecule has 116 valence electrons. The second-order valence-electron chi connectivity index (χ2n) is 5.40. The third kappa shape index (κ3) is 3.93. The van der Waals surface area contributed by atoms with E-state index in [1.165, 1.54) is 4.88 Å². The van der Waals surface area contributed by atoms with Gasteiger partial charge in [0.1, 0.15) is 5.01 Å². The quantitative estimate of drug-likeness (QED) is 0.750. The van der Waals surface area contributed by atoms with Crippen molar-refractivity contribution in [3.8, 4) is 0 Å². The van der Waals surface area contributed by atoms with Gasteiger partial charge >= 0.3 is 12.0 Å². The number of carboxylic acids is 1. The van der Waals surface area contributed by atoms with Gasteiger partial charge in [0.05, 0.1) is 12.0 Å². The van der Waals surface area contributed by atoms with Crippen LogP contribution >= 0.6 is 11.3 Å². The van der Waals surface area contributed by atoms with Crippen LogP contribution in [0.15, 0.2) is 6.20 Å². The zero-order chi connectivity index (χ0) is 15.3. The maximum atomic E-state index is 11.8. The summed E-state index contributed by atoms with van der Waals surface area (Å²) in [5.74, 6) is -0.812. The normalized spacial score (nSPS) is 16.6. The first-order valence-corrected chi connectivity index (χ1v) is 8.06. The molecule has 6 nitrogen and oxygen atoms in total. The second kappa shape index (κ2) is 6.89. The molecule has 0 aliphatic heterocycles. The number of aliphatic carboxylic acids is 1. The average Bonchev–Trinajstić information content (AvgIpc) is 3.12. The minimum absolute atomic E-state index is 0.187. The number of thiazole rings is 1. The number of carbonyl (C=O) groups excluding carboxylic acids is 1. The summed E-state index contributed by atoms with van der Waals surface area (Å²) < 4.78 is 0. The molecule has 2 rings (SSSR count). The smallest absolute Gasteiger partial charge is 0.315 e. The minimum Gasteiger partial charge on any atom is -0.481 e. The Morgan fingerprint density at radius 3 is 2.67 bits per heavy atom. The van der Waals surface area contributed by atoms with Crippen LogP contribution in [0.4, 0.5) is 4.79 Å². The van der Waals surface area contributed by atoms with Crippen molar-refractivity contribution in [1.82, 2.24) is 15.6 Å². The molecule has 0 atom stereocenters. The monoisotopic (exact) mass is 311 g/mol. The number of urea groups is 1. The largest absolute Gasteiger partial charge is 0.481 e. The van der Waals surface area contributed by atoms with Crippen molar-refractivity contribution >= 4 is 23.3 Å². The molecule has 0 aromatic carbocycles. The first-order valence-electron chi connectivity index (χ1n) is 7.24. The van der Waals surface area contributed by atoms with Crippen LogP contribution in [0.5, 0.6) is 0 Å². The maximum Gasteiger partial charge on any atom is 0.315 e. The predicted octanol–water partition coefficient (Wildman–Crippen LogP) is 2.15. The SMILES string of the molecule is CCc1cnc(CNC(=O)NCC2(C(=O)O)CCCC2)s1. The van der Waals surface area contributed by atoms with E-state index >= 15 is 0 Å². The van der Waals surface area contributed by atoms with Crippen molar-refractivity contribution in [1.29, 1.82) is 0 Å². The van der Waals surface area contributed by atoms with Gasteiger partial charge in [-0.05, 0) is 19.3 Å². The summed E-state index contributed by atoms with van der Waals surface area (Å²) >= 11 is 1.57. The Kier molecular flexibility index (Phi) is 5.17. The topological polar surface area (TPSA) is 91.3 Å². The van der Waals surface area contributed by atoms with Gasteiger partial charge in [-0.15, -0.1) is 11.3 Å². The summed E-state index contributed by atoms with van der Waals surface area (Å²) in [7, 11) is 0. The van der Waals surface area contributed by atoms with Crippen LogP contribution in [0.2, 0.25) is 0 Å². The van der Waals surface area contributed by atoms with Gasteiger partial charge in [0.25, 0.3) is 0 Å². The third-order valence-electron chi connectivity index (χ3n) is 3.95. The summed E-state index contributed by atoms with van der Waals surface area (Å²) in [5, 5.41) is 15.6. The number of nitrogens with zero attached hydrogens (tertiary/aromatic N) is 1. The fourth-order valence-electron chi connectivity index (χ4n) is 2.58. The Balaban J connectivity index is 1.78. The summed E-state index contributed by atoms with van der Waals surface area (Å²) in [5.41, 5.74) is -0.784. The summed E-state index contributed by atoms with van der Waals surface area (Å²) in [6.07, 6.45) is 5.84. The molecule has 0 bridgehead atoms. The molecule has 1 aliphatic carbocycles. The Hall–Kier alpha value is -1.63. The molecule has 0 unspecified atom stereocenters. The molecular weight excluding hydrogens is 290 g/mol. The number of aromatic nitrogens is 1. The summed E-state index contributed by atoms with van der Waals surface area (Å²) in [6.45, 7) is 2.62. The van der Waals surface area contributed by atoms with Crippen molar-refractivity contribution in [3.05, 3.63) is 16.1 Å². The lowest BCUT2D eigenvalue weighted by atomic mass is 9.86. The van der Waals surface area contributed by atoms with Crippen molar-refractivity contribution in [3.63, 3.8) is 0 Å². The lowest BCUT2D eigenvalue weighted by Gasteiger charge is -2.23. The van der Waals surface area contributed by atoms with E-state index in [2.05, 4.69) is 22.5 Å². The Labute approximate surface area is 128 Å². The zero-order valence-corrected chi connectivity index (χ0v) is 13.0. The molecule has 1 aliphatic rings. The first kappa shape index (κ1) is 15.8. The lowest BCUT2D eigenvalue weighted by Crippen LogP contribution is -2.44. The fourth-order valence-corrected chi connectivity index (χ4v) is 3.38. The molecule has 0 saturated heterocycles. The van der Waals surface area contributed by atoms with Gasteiger partial charge < -0.3 is 15.7 Å². The molecule has 1 fully saturated rings. The zero-order valence-electron chi connectivity index (χ0n) is 12.1. The number of carboxylic acid groups (broad SMARTS) is 1. The number of carbonyl (C=O) groups is 2. The van der Waals surface area contributed by atoms with E-state index in [1.807, 2.05) is 6.20 Å². The molecule has 1 saturated carbocycles. The van der Waals surface area contributed by atoms with Crippen molar-refractivity contribution in [2.24, 2.45) is 5.41 Å². The van der Waals surface area contributed by atoms with Crippen molar-refractivity contribution in [2.75, 3.05) is 6.54 Å². The van der Waals surface area contributed by atoms with Gasteiger partial charge in [-0.25, -0.2) is 9.78 Å². The van der Waals surface area contributed by atoms with Crippen LogP contribution in [-0.4, -0.2) is 28.6 Å². The van der Waals surface area contributed by atoms with E-state index in [0.29, 0.717) is 19.4 Å². The highest BCUT2D eigenvalue weighted by molar-refractivity contribution is 7.11. The van der Waals surface area contributed by atoms with Crippen molar-refractivity contribution < 1.29 is 14.7 Å². The molecular formula is C14H21N3O3S. The molecule has 21 heavy (non-hydrogen) atoms. The van der Waals surface area contributed by atoms with E-state index in [0.717, 1.165) is 24.3 Å². The molecule has 0 radical (unpaired) electrons. The van der Waals surface area contributed by atoms with E-state index in [4.69, 9.17) is 0 Å². The highest BCUT2D eigenvalue weighted by atomic mass is 32.1. The standard InChI is InChI=1S/C14H21N3O3S/c1-2-10-7-15-11(21-10)8-16-13(20)17-9-14(12(18)19)5-3-4-6-14/h7H,2-6,8-9H2,1H3,(H,18,19)(H2,16,17,20). The van der Waals surface area contributed by atoms with Gasteiger partial charge in [-0.3, -0.25) is 4.79 Å². The number of nitrogens with one attached hydrogen (secondary N) is 2. The first-order chi connectivity index (χ1) is 10.1. The third-order valence-corrected chi connectivity index (χ3v) is 5.09. The van der Waals surface area contributed by atoms with Gasteiger partial charge in [0.2, 0.25) is 0 Å². The minimum atomic E-state index is -0.812. The average molecular weight is 311 g/mol. The molecule has 3 N–H and O–H groups in total. The van der Waals surface area contributed by atoms with Gasteiger partial charge in [-0.1, -0.05) is 19.8 Å². The van der Waals surface area contributed by atoms with Crippen LogP contribution in [0.3, 0.4) is 0 Å². The van der Waals surface area contributed by atoms with E-state index in [1.54, 1.807) is 11.3 Å². The molecule has 1 aromatic heterocycles. The molecule has 2 amide bonds. The number of hydrogen-bond donors (Lipinski definition) is 3. The van der Waals surface area contributed by atoms with Crippen LogP contribution in [0.25, 0.3) is 0 Å². The van der Waals surface area contributed by atoms with Crippen molar-refractivity contribution in [2.45, 2.75) is 45.6 Å². The maximum absolute atomic E-state index is 11.8.